The molecule has 0 saturated carbocycles. The summed E-state index contributed by atoms with van der Waals surface area (Å²) in [6, 6.07) is 0. The lowest BCUT2D eigenvalue weighted by molar-refractivity contribution is 0.296. The van der Waals surface area contributed by atoms with Crippen molar-refractivity contribution in [1.82, 2.24) is 29.7 Å². The van der Waals surface area contributed by atoms with Gasteiger partial charge >= 0.3 is 0 Å². The number of aliphatic hydroxyl groups is 1. The van der Waals surface area contributed by atoms with Gasteiger partial charge in [-0.1, -0.05) is 0 Å². The fraction of sp³-hybridized carbons (Fsp3) is 0.500. The van der Waals surface area contributed by atoms with Gasteiger partial charge in [0.15, 0.2) is 0 Å². The smallest absolute Gasteiger partial charge is 0.258 e. The lowest BCUT2D eigenvalue weighted by Gasteiger charge is -2.06. The van der Waals surface area contributed by atoms with E-state index >= 15 is 0 Å². The van der Waals surface area contributed by atoms with Gasteiger partial charge in [-0.05, 0) is 23.8 Å². The van der Waals surface area contributed by atoms with Crippen molar-refractivity contribution >= 4 is 29.3 Å². The van der Waals surface area contributed by atoms with Crippen LogP contribution in [0, 0.1) is 0 Å². The van der Waals surface area contributed by atoms with E-state index in [2.05, 4.69) is 30.4 Å². The van der Waals surface area contributed by atoms with Gasteiger partial charge in [-0.2, -0.15) is 36.5 Å². The van der Waals surface area contributed by atoms with Crippen molar-refractivity contribution in [3.63, 3.8) is 0 Å². The van der Waals surface area contributed by atoms with Crippen LogP contribution >= 0.6 is 23.4 Å². The Morgan fingerprint density at radius 3 is 2.95 bits per heavy atom. The van der Waals surface area contributed by atoms with E-state index in [0.29, 0.717) is 18.4 Å². The van der Waals surface area contributed by atoms with Crippen LogP contribution in [0.25, 0.3) is 5.95 Å². The summed E-state index contributed by atoms with van der Waals surface area (Å²) in [6.45, 7) is 0.929. The topological polar surface area (TPSA) is 102 Å². The molecular weight excluding hydrogens is 302 g/mol. The number of hydrogen-bond acceptors (Lipinski definition) is 8. The molecule has 0 aliphatic rings. The summed E-state index contributed by atoms with van der Waals surface area (Å²) in [5.74, 6) is 2.54. The SMILES string of the molecule is OCCCSCCNc1nc(Cl)nc(-n2cncn2)n1. The molecule has 2 N–H and O–H groups in total. The van der Waals surface area contributed by atoms with Crippen molar-refractivity contribution in [3.05, 3.63) is 17.9 Å². The fourth-order valence-electron chi connectivity index (χ4n) is 1.34. The number of anilines is 1. The van der Waals surface area contributed by atoms with E-state index in [4.69, 9.17) is 16.7 Å². The van der Waals surface area contributed by atoms with Crippen LogP contribution in [0.1, 0.15) is 6.42 Å². The molecule has 0 radical (unpaired) electrons. The number of halogens is 1. The third-order valence-corrected chi connectivity index (χ3v) is 3.44. The van der Waals surface area contributed by atoms with Crippen molar-refractivity contribution in [2.24, 2.45) is 0 Å². The van der Waals surface area contributed by atoms with E-state index in [1.807, 2.05) is 0 Å². The Bertz CT molecular complexity index is 524. The Balaban J connectivity index is 1.88. The lowest BCUT2D eigenvalue weighted by atomic mass is 10.5. The van der Waals surface area contributed by atoms with Gasteiger partial charge in [0.1, 0.15) is 12.7 Å². The van der Waals surface area contributed by atoms with Crippen LogP contribution in [-0.4, -0.2) is 59.5 Å². The predicted octanol–water partition coefficient (Wildman–Crippen LogP) is 0.633. The maximum atomic E-state index is 8.67. The van der Waals surface area contributed by atoms with Crippen molar-refractivity contribution < 1.29 is 5.11 Å². The summed E-state index contributed by atoms with van der Waals surface area (Å²) >= 11 is 7.60. The molecule has 2 heterocycles. The first-order valence-corrected chi connectivity index (χ1v) is 7.52. The average molecular weight is 316 g/mol. The predicted molar refractivity (Wildman–Crippen MR) is 77.3 cm³/mol. The van der Waals surface area contributed by atoms with Crippen molar-refractivity contribution in [2.75, 3.05) is 30.0 Å². The zero-order valence-corrected chi connectivity index (χ0v) is 12.2. The summed E-state index contributed by atoms with van der Waals surface area (Å²) < 4.78 is 1.41. The normalized spacial score (nSPS) is 10.7. The van der Waals surface area contributed by atoms with E-state index in [0.717, 1.165) is 17.9 Å². The zero-order valence-electron chi connectivity index (χ0n) is 10.6. The van der Waals surface area contributed by atoms with Gasteiger partial charge in [0, 0.05) is 18.9 Å². The number of rotatable bonds is 8. The largest absolute Gasteiger partial charge is 0.396 e. The van der Waals surface area contributed by atoms with Gasteiger partial charge in [0.25, 0.3) is 5.95 Å². The van der Waals surface area contributed by atoms with E-state index in [1.54, 1.807) is 11.8 Å². The maximum absolute atomic E-state index is 8.67. The quantitative estimate of drug-likeness (QED) is 0.684. The van der Waals surface area contributed by atoms with Crippen LogP contribution < -0.4 is 5.32 Å². The zero-order chi connectivity index (χ0) is 14.2. The number of nitrogens with zero attached hydrogens (tertiary/aromatic N) is 6. The highest BCUT2D eigenvalue weighted by Gasteiger charge is 2.06. The molecule has 2 aromatic rings. The van der Waals surface area contributed by atoms with Crippen LogP contribution in [-0.2, 0) is 0 Å². The van der Waals surface area contributed by atoms with Crippen LogP contribution in [0.5, 0.6) is 0 Å². The highest BCUT2D eigenvalue weighted by Crippen LogP contribution is 2.09. The van der Waals surface area contributed by atoms with Crippen LogP contribution in [0.4, 0.5) is 5.95 Å². The second-order valence-electron chi connectivity index (χ2n) is 3.68. The molecule has 2 rings (SSSR count). The molecule has 0 aliphatic carbocycles. The number of nitrogens with one attached hydrogen (secondary N) is 1. The number of thioether (sulfide) groups is 1. The van der Waals surface area contributed by atoms with Crippen molar-refractivity contribution in [1.29, 1.82) is 0 Å². The van der Waals surface area contributed by atoms with E-state index < -0.39 is 0 Å². The van der Waals surface area contributed by atoms with Gasteiger partial charge < -0.3 is 10.4 Å². The molecule has 10 heteroatoms. The third kappa shape index (κ3) is 4.58. The molecule has 0 amide bonds. The average Bonchev–Trinajstić information content (AvgIpc) is 2.96. The minimum Gasteiger partial charge on any atom is -0.396 e. The Hall–Kier alpha value is -1.45. The fourth-order valence-corrected chi connectivity index (χ4v) is 2.28. The van der Waals surface area contributed by atoms with Crippen LogP contribution in [0.3, 0.4) is 0 Å². The first kappa shape index (κ1) is 14.9. The minimum atomic E-state index is 0.0981. The maximum Gasteiger partial charge on any atom is 0.258 e. The van der Waals surface area contributed by atoms with Crippen molar-refractivity contribution in [3.8, 4) is 5.95 Å². The Kier molecular flexibility index (Phi) is 5.96. The van der Waals surface area contributed by atoms with Gasteiger partial charge in [0.2, 0.25) is 11.2 Å². The number of hydrogen-bond donors (Lipinski definition) is 2. The molecule has 0 aliphatic heterocycles. The Morgan fingerprint density at radius 2 is 2.20 bits per heavy atom. The summed E-state index contributed by atoms with van der Waals surface area (Å²) in [4.78, 5) is 16.0. The standard InChI is InChI=1S/C10H14ClN7OS/c11-8-15-9(13-2-5-20-4-1-3-19)17-10(16-8)18-7-12-6-14-18/h6-7,19H,1-5H2,(H,13,15,16,17). The number of aromatic nitrogens is 6. The van der Waals surface area contributed by atoms with Crippen LogP contribution in [0.15, 0.2) is 12.7 Å². The molecule has 0 atom stereocenters. The lowest BCUT2D eigenvalue weighted by Crippen LogP contribution is -2.11. The first-order chi connectivity index (χ1) is 9.79. The molecule has 0 saturated heterocycles. The third-order valence-electron chi connectivity index (χ3n) is 2.20. The van der Waals surface area contributed by atoms with Crippen LogP contribution in [0.2, 0.25) is 5.28 Å². The molecule has 108 valence electrons. The second kappa shape index (κ2) is 7.98. The highest BCUT2D eigenvalue weighted by atomic mass is 35.5. The van der Waals surface area contributed by atoms with E-state index in [9.17, 15) is 0 Å². The summed E-state index contributed by atoms with van der Waals surface area (Å²) in [5, 5.41) is 15.8. The first-order valence-electron chi connectivity index (χ1n) is 5.98. The molecule has 20 heavy (non-hydrogen) atoms. The van der Waals surface area contributed by atoms with Gasteiger partial charge in [-0.25, -0.2) is 4.98 Å². The van der Waals surface area contributed by atoms with Gasteiger partial charge in [0.05, 0.1) is 0 Å². The number of aliphatic hydroxyl groups excluding tert-OH is 1. The van der Waals surface area contributed by atoms with Crippen molar-refractivity contribution in [2.45, 2.75) is 6.42 Å². The molecule has 0 bridgehead atoms. The van der Waals surface area contributed by atoms with E-state index in [1.165, 1.54) is 17.3 Å². The van der Waals surface area contributed by atoms with E-state index in [-0.39, 0.29) is 11.9 Å². The van der Waals surface area contributed by atoms with Gasteiger partial charge in [-0.15, -0.1) is 0 Å². The van der Waals surface area contributed by atoms with Gasteiger partial charge in [-0.3, -0.25) is 0 Å². The minimum absolute atomic E-state index is 0.0981. The Morgan fingerprint density at radius 1 is 1.30 bits per heavy atom. The molecular formula is C10H14ClN7OS. The summed E-state index contributed by atoms with van der Waals surface area (Å²) in [6.07, 6.45) is 3.68. The second-order valence-corrected chi connectivity index (χ2v) is 5.25. The summed E-state index contributed by atoms with van der Waals surface area (Å²) in [7, 11) is 0. The molecule has 0 aromatic carbocycles. The Labute approximate surface area is 125 Å². The molecule has 0 fully saturated rings. The highest BCUT2D eigenvalue weighted by molar-refractivity contribution is 7.99. The molecule has 0 unspecified atom stereocenters. The molecule has 0 spiro atoms. The monoisotopic (exact) mass is 315 g/mol. The summed E-state index contributed by atoms with van der Waals surface area (Å²) in [5.41, 5.74) is 0. The molecule has 2 aromatic heterocycles. The molecule has 8 nitrogen and oxygen atoms in total.